The van der Waals surface area contributed by atoms with Crippen molar-refractivity contribution in [2.75, 3.05) is 4.90 Å². The molecule has 1 aliphatic rings. The highest BCUT2D eigenvalue weighted by Gasteiger charge is 2.46. The van der Waals surface area contributed by atoms with Crippen molar-refractivity contribution in [2.45, 2.75) is 5.41 Å². The molecule has 0 spiro atoms. The van der Waals surface area contributed by atoms with Crippen molar-refractivity contribution in [1.82, 2.24) is 0 Å². The van der Waals surface area contributed by atoms with Gasteiger partial charge in [-0.05, 0) is 115 Å². The fourth-order valence-electron chi connectivity index (χ4n) is 10.1. The Morgan fingerprint density at radius 3 is 1.62 bits per heavy atom. The molecule has 0 saturated carbocycles. The van der Waals surface area contributed by atoms with E-state index in [0.29, 0.717) is 0 Å². The third kappa shape index (κ3) is 5.60. The Bertz CT molecular complexity index is 3390. The standard InChI is InChI=1S/C59H39NS/c1-3-21-43(22-4-1)59(44-23-5-2-6-24-44)54-32-11-9-28-51(54)52-36-35-47(39-55(52)59)60(45-25-13-19-41(37-45)49-30-15-18-40-17-7-8-27-48(40)49)46-26-14-20-42(38-46)50-31-16-34-57-58(50)53-29-10-12-33-56(53)61-57/h1-39H. The topological polar surface area (TPSA) is 3.24 Å². The Morgan fingerprint density at radius 2 is 0.852 bits per heavy atom. The van der Waals surface area contributed by atoms with Crippen molar-refractivity contribution < 1.29 is 0 Å². The fraction of sp³-hybridized carbons (Fsp3) is 0.0169. The monoisotopic (exact) mass is 793 g/mol. The molecule has 1 heterocycles. The normalized spacial score (nSPS) is 12.7. The minimum atomic E-state index is -0.515. The van der Waals surface area contributed by atoms with E-state index in [1.807, 2.05) is 11.3 Å². The van der Waals surface area contributed by atoms with Crippen molar-refractivity contribution >= 4 is 59.3 Å². The summed E-state index contributed by atoms with van der Waals surface area (Å²) in [6.07, 6.45) is 0. The number of anilines is 3. The highest BCUT2D eigenvalue weighted by atomic mass is 32.1. The molecular weight excluding hydrogens is 755 g/mol. The molecular formula is C59H39NS. The van der Waals surface area contributed by atoms with Gasteiger partial charge in [0.25, 0.3) is 0 Å². The van der Waals surface area contributed by atoms with E-state index in [1.165, 1.54) is 86.6 Å². The Kier molecular flexibility index (Phi) is 8.33. The maximum Gasteiger partial charge on any atom is 0.0714 e. The second kappa shape index (κ2) is 14.3. The second-order valence-corrected chi connectivity index (χ2v) is 17.1. The molecule has 1 aliphatic carbocycles. The van der Waals surface area contributed by atoms with Crippen LogP contribution in [0.2, 0.25) is 0 Å². The van der Waals surface area contributed by atoms with Crippen LogP contribution in [-0.4, -0.2) is 0 Å². The largest absolute Gasteiger partial charge is 0.310 e. The zero-order valence-corrected chi connectivity index (χ0v) is 34.2. The molecule has 0 radical (unpaired) electrons. The van der Waals surface area contributed by atoms with E-state index in [9.17, 15) is 0 Å². The molecule has 0 aliphatic heterocycles. The minimum Gasteiger partial charge on any atom is -0.310 e. The summed E-state index contributed by atoms with van der Waals surface area (Å²) in [5.74, 6) is 0. The van der Waals surface area contributed by atoms with Crippen LogP contribution in [-0.2, 0) is 5.41 Å². The molecule has 11 aromatic rings. The van der Waals surface area contributed by atoms with Crippen molar-refractivity contribution in [3.63, 3.8) is 0 Å². The predicted molar refractivity (Wildman–Crippen MR) is 260 cm³/mol. The summed E-state index contributed by atoms with van der Waals surface area (Å²) in [6, 6.07) is 87.4. The lowest BCUT2D eigenvalue weighted by Gasteiger charge is -2.35. The SMILES string of the molecule is c1ccc(C2(c3ccccc3)c3ccccc3-c3ccc(N(c4cccc(-c5cccc6ccccc56)c4)c4cccc(-c5cccc6sc7ccccc7c56)c4)cc32)cc1. The maximum absolute atomic E-state index is 2.47. The van der Waals surface area contributed by atoms with Gasteiger partial charge in [0.2, 0.25) is 0 Å². The van der Waals surface area contributed by atoms with Gasteiger partial charge in [-0.2, -0.15) is 0 Å². The van der Waals surface area contributed by atoms with Crippen molar-refractivity contribution in [3.8, 4) is 33.4 Å². The Morgan fingerprint density at radius 1 is 0.328 bits per heavy atom. The van der Waals surface area contributed by atoms with Crippen LogP contribution >= 0.6 is 11.3 Å². The maximum atomic E-state index is 2.47. The molecule has 0 N–H and O–H groups in total. The summed E-state index contributed by atoms with van der Waals surface area (Å²) in [7, 11) is 0. The average molecular weight is 794 g/mol. The molecule has 0 atom stereocenters. The lowest BCUT2D eigenvalue weighted by molar-refractivity contribution is 0.768. The lowest BCUT2D eigenvalue weighted by atomic mass is 9.67. The van der Waals surface area contributed by atoms with E-state index in [-0.39, 0.29) is 0 Å². The number of rotatable bonds is 7. The van der Waals surface area contributed by atoms with E-state index in [2.05, 4.69) is 241 Å². The molecule has 0 unspecified atom stereocenters. The molecule has 0 fully saturated rings. The molecule has 1 nitrogen and oxygen atoms in total. The Balaban J connectivity index is 1.11. The number of hydrogen-bond acceptors (Lipinski definition) is 2. The fourth-order valence-corrected chi connectivity index (χ4v) is 11.3. The van der Waals surface area contributed by atoms with Gasteiger partial charge in [0, 0.05) is 37.2 Å². The van der Waals surface area contributed by atoms with Gasteiger partial charge >= 0.3 is 0 Å². The van der Waals surface area contributed by atoms with Gasteiger partial charge in [0.15, 0.2) is 0 Å². The van der Waals surface area contributed by atoms with Crippen molar-refractivity contribution in [3.05, 3.63) is 259 Å². The van der Waals surface area contributed by atoms with Gasteiger partial charge in [0.1, 0.15) is 0 Å². The first kappa shape index (κ1) is 35.4. The van der Waals surface area contributed by atoms with Gasteiger partial charge in [0.05, 0.1) is 5.41 Å². The van der Waals surface area contributed by atoms with E-state index in [1.54, 1.807) is 0 Å². The minimum absolute atomic E-state index is 0.515. The Labute approximate surface area is 360 Å². The van der Waals surface area contributed by atoms with Crippen LogP contribution in [0.3, 0.4) is 0 Å². The van der Waals surface area contributed by atoms with E-state index < -0.39 is 5.41 Å². The number of nitrogens with zero attached hydrogens (tertiary/aromatic N) is 1. The van der Waals surface area contributed by atoms with Gasteiger partial charge in [-0.25, -0.2) is 0 Å². The van der Waals surface area contributed by atoms with Crippen LogP contribution in [0.4, 0.5) is 17.1 Å². The number of benzene rings is 10. The molecule has 0 amide bonds. The first-order valence-electron chi connectivity index (χ1n) is 21.0. The molecule has 0 bridgehead atoms. The second-order valence-electron chi connectivity index (χ2n) is 16.0. The van der Waals surface area contributed by atoms with Crippen LogP contribution in [0.5, 0.6) is 0 Å². The molecule has 61 heavy (non-hydrogen) atoms. The first-order chi connectivity index (χ1) is 30.3. The van der Waals surface area contributed by atoms with Crippen LogP contribution in [0.1, 0.15) is 22.3 Å². The van der Waals surface area contributed by atoms with Crippen LogP contribution in [0.15, 0.2) is 237 Å². The highest BCUT2D eigenvalue weighted by molar-refractivity contribution is 7.25. The van der Waals surface area contributed by atoms with Gasteiger partial charge < -0.3 is 4.90 Å². The predicted octanol–water partition coefficient (Wildman–Crippen LogP) is 16.4. The van der Waals surface area contributed by atoms with Gasteiger partial charge in [-0.15, -0.1) is 11.3 Å². The van der Waals surface area contributed by atoms with Crippen molar-refractivity contribution in [1.29, 1.82) is 0 Å². The van der Waals surface area contributed by atoms with Crippen molar-refractivity contribution in [2.24, 2.45) is 0 Å². The third-order valence-corrected chi connectivity index (χ3v) is 13.9. The quantitative estimate of drug-likeness (QED) is 0.155. The van der Waals surface area contributed by atoms with Crippen LogP contribution in [0.25, 0.3) is 64.3 Å². The summed E-state index contributed by atoms with van der Waals surface area (Å²) in [6.45, 7) is 0. The van der Waals surface area contributed by atoms with E-state index in [0.717, 1.165) is 17.1 Å². The molecule has 0 saturated heterocycles. The zero-order chi connectivity index (χ0) is 40.3. The first-order valence-corrected chi connectivity index (χ1v) is 21.8. The summed E-state index contributed by atoms with van der Waals surface area (Å²) in [5, 5.41) is 5.11. The van der Waals surface area contributed by atoms with Gasteiger partial charge in [-0.1, -0.05) is 188 Å². The summed E-state index contributed by atoms with van der Waals surface area (Å²) in [5.41, 5.74) is 15.3. The third-order valence-electron chi connectivity index (χ3n) is 12.7. The summed E-state index contributed by atoms with van der Waals surface area (Å²) < 4.78 is 2.62. The number of fused-ring (bicyclic) bond motifs is 7. The smallest absolute Gasteiger partial charge is 0.0714 e. The lowest BCUT2D eigenvalue weighted by Crippen LogP contribution is -2.28. The molecule has 286 valence electrons. The summed E-state index contributed by atoms with van der Waals surface area (Å²) in [4.78, 5) is 2.47. The number of thiophene rings is 1. The van der Waals surface area contributed by atoms with Crippen LogP contribution < -0.4 is 4.90 Å². The highest BCUT2D eigenvalue weighted by Crippen LogP contribution is 2.57. The average Bonchev–Trinajstić information content (AvgIpc) is 3.86. The zero-order valence-electron chi connectivity index (χ0n) is 33.4. The molecule has 1 aromatic heterocycles. The molecule has 10 aromatic carbocycles. The van der Waals surface area contributed by atoms with Crippen LogP contribution in [0, 0.1) is 0 Å². The van der Waals surface area contributed by atoms with Gasteiger partial charge in [-0.3, -0.25) is 0 Å². The number of hydrogen-bond donors (Lipinski definition) is 0. The molecule has 12 rings (SSSR count). The summed E-state index contributed by atoms with van der Waals surface area (Å²) >= 11 is 1.87. The van der Waals surface area contributed by atoms with E-state index >= 15 is 0 Å². The Hall–Kier alpha value is -7.52. The molecule has 2 heteroatoms. The van der Waals surface area contributed by atoms with E-state index in [4.69, 9.17) is 0 Å².